The number of benzene rings is 4. The second kappa shape index (κ2) is 15.9. The maximum Gasteiger partial charge on any atom is 0.266 e. The topological polar surface area (TPSA) is 126 Å². The van der Waals surface area contributed by atoms with Crippen molar-refractivity contribution in [2.45, 2.75) is 35.8 Å². The van der Waals surface area contributed by atoms with Gasteiger partial charge in [-0.05, 0) is 60.5 Å². The lowest BCUT2D eigenvalue weighted by atomic mass is 9.85. The van der Waals surface area contributed by atoms with Crippen LogP contribution in [0, 0.1) is 0 Å². The minimum Gasteiger partial charge on any atom is -0.494 e. The van der Waals surface area contributed by atoms with Crippen LogP contribution in [0.2, 0.25) is 5.02 Å². The van der Waals surface area contributed by atoms with E-state index in [0.29, 0.717) is 52.4 Å². The Morgan fingerprint density at radius 2 is 1.68 bits per heavy atom. The van der Waals surface area contributed by atoms with Gasteiger partial charge in [-0.1, -0.05) is 82.1 Å². The molecule has 0 saturated heterocycles. The van der Waals surface area contributed by atoms with E-state index in [9.17, 15) is 13.2 Å². The van der Waals surface area contributed by atoms with E-state index in [1.807, 2.05) is 42.5 Å². The number of aliphatic hydroxyl groups excluding tert-OH is 1. The molecule has 0 bridgehead atoms. The van der Waals surface area contributed by atoms with Gasteiger partial charge in [-0.25, -0.2) is 18.8 Å². The van der Waals surface area contributed by atoms with E-state index in [1.165, 1.54) is 12.1 Å². The maximum absolute atomic E-state index is 14.3. The largest absolute Gasteiger partial charge is 0.494 e. The van der Waals surface area contributed by atoms with Crippen LogP contribution in [0.3, 0.4) is 0 Å². The number of ether oxygens (including phenoxy) is 2. The summed E-state index contributed by atoms with van der Waals surface area (Å²) in [6, 6.07) is 30.0. The molecule has 5 rings (SSSR count). The number of carbonyl (C=O) groups is 1. The van der Waals surface area contributed by atoms with Gasteiger partial charge in [0.1, 0.15) is 5.75 Å². The highest BCUT2D eigenvalue weighted by Gasteiger charge is 2.54. The fraction of sp³-hybridized carbons (Fsp3) is 0.257. The standard InChI is InChI=1S/C35H35BrClN3O6S/c36-30-13-6-5-12-29(30)32-35(20-24-47(43,44)28-10-2-1-3-11-28,34(42)40-38-21-19-25-9-4-7-14-31(25)37)39-33(46-32)26-15-17-27(18-16-26)45-23-8-22-41/h1-7,9-18,32,38,41H,8,19-24H2,(H,40,42)/t32-,35-/m0/s1. The average molecular weight is 741 g/mol. The Balaban J connectivity index is 1.49. The third kappa shape index (κ3) is 8.41. The Kier molecular flexibility index (Phi) is 11.7. The minimum absolute atomic E-state index is 0.0260. The van der Waals surface area contributed by atoms with Crippen molar-refractivity contribution in [3.05, 3.63) is 129 Å². The summed E-state index contributed by atoms with van der Waals surface area (Å²) in [7, 11) is -3.79. The summed E-state index contributed by atoms with van der Waals surface area (Å²) in [5.41, 5.74) is 6.24. The lowest BCUT2D eigenvalue weighted by Crippen LogP contribution is -2.53. The van der Waals surface area contributed by atoms with Crippen molar-refractivity contribution in [2.24, 2.45) is 4.99 Å². The van der Waals surface area contributed by atoms with Gasteiger partial charge < -0.3 is 14.6 Å². The van der Waals surface area contributed by atoms with E-state index in [2.05, 4.69) is 26.8 Å². The number of halogens is 2. The van der Waals surface area contributed by atoms with E-state index in [0.717, 1.165) is 5.56 Å². The number of nitrogens with one attached hydrogen (secondary N) is 2. The van der Waals surface area contributed by atoms with E-state index < -0.39 is 27.4 Å². The zero-order valence-electron chi connectivity index (χ0n) is 25.4. The first kappa shape index (κ1) is 34.6. The first-order valence-electron chi connectivity index (χ1n) is 15.1. The fourth-order valence-corrected chi connectivity index (χ4v) is 7.33. The smallest absolute Gasteiger partial charge is 0.266 e. The molecule has 4 aromatic rings. The number of rotatable bonds is 15. The summed E-state index contributed by atoms with van der Waals surface area (Å²) in [4.78, 5) is 19.4. The lowest BCUT2D eigenvalue weighted by Gasteiger charge is -2.31. The molecule has 1 heterocycles. The van der Waals surface area contributed by atoms with Crippen LogP contribution in [0.25, 0.3) is 0 Å². The van der Waals surface area contributed by atoms with Gasteiger partial charge in [0.25, 0.3) is 5.91 Å². The normalized spacial score (nSPS) is 17.5. The van der Waals surface area contributed by atoms with Crippen molar-refractivity contribution in [3.63, 3.8) is 0 Å². The van der Waals surface area contributed by atoms with E-state index in [1.54, 1.807) is 48.5 Å². The molecule has 0 fully saturated rings. The van der Waals surface area contributed by atoms with Crippen LogP contribution in [0.1, 0.15) is 35.6 Å². The van der Waals surface area contributed by atoms with Crippen LogP contribution in [0.15, 0.2) is 117 Å². The van der Waals surface area contributed by atoms with E-state index in [-0.39, 0.29) is 29.6 Å². The molecule has 3 N–H and O–H groups in total. The van der Waals surface area contributed by atoms with Gasteiger partial charge in [0.2, 0.25) is 5.90 Å². The summed E-state index contributed by atoms with van der Waals surface area (Å²) in [6.45, 7) is 0.751. The Morgan fingerprint density at radius 1 is 0.979 bits per heavy atom. The van der Waals surface area contributed by atoms with E-state index in [4.69, 9.17) is 31.2 Å². The Hall–Kier alpha value is -3.74. The minimum atomic E-state index is -3.79. The van der Waals surface area contributed by atoms with Crippen LogP contribution in [0.5, 0.6) is 5.75 Å². The van der Waals surface area contributed by atoms with Gasteiger partial charge in [-0.2, -0.15) is 0 Å². The number of nitrogens with zero attached hydrogens (tertiary/aromatic N) is 1. The van der Waals surface area contributed by atoms with Crippen molar-refractivity contribution in [1.82, 2.24) is 10.9 Å². The predicted molar refractivity (Wildman–Crippen MR) is 185 cm³/mol. The number of carbonyl (C=O) groups excluding carboxylic acids is 1. The zero-order chi connectivity index (χ0) is 33.3. The third-order valence-corrected chi connectivity index (χ3v) is 10.6. The Bertz CT molecular complexity index is 1810. The molecule has 12 heteroatoms. The van der Waals surface area contributed by atoms with Crippen molar-refractivity contribution in [3.8, 4) is 5.75 Å². The fourth-order valence-electron chi connectivity index (χ4n) is 5.22. The van der Waals surface area contributed by atoms with Gasteiger partial charge in [0.15, 0.2) is 21.5 Å². The molecule has 1 aliphatic rings. The van der Waals surface area contributed by atoms with E-state index >= 15 is 0 Å². The number of hydrogen-bond donors (Lipinski definition) is 3. The van der Waals surface area contributed by atoms with Crippen LogP contribution in [-0.4, -0.2) is 56.4 Å². The van der Waals surface area contributed by atoms with Gasteiger partial charge in [-0.3, -0.25) is 10.2 Å². The maximum atomic E-state index is 14.3. The van der Waals surface area contributed by atoms with Crippen molar-refractivity contribution in [2.75, 3.05) is 25.5 Å². The highest BCUT2D eigenvalue weighted by atomic mass is 79.9. The molecule has 2 atom stereocenters. The van der Waals surface area contributed by atoms with Gasteiger partial charge in [0, 0.05) is 46.6 Å². The molecular weight excluding hydrogens is 706 g/mol. The molecule has 1 aliphatic heterocycles. The van der Waals surface area contributed by atoms with Gasteiger partial charge in [0.05, 0.1) is 17.3 Å². The highest BCUT2D eigenvalue weighted by molar-refractivity contribution is 9.10. The number of aliphatic hydroxyl groups is 1. The molecule has 0 radical (unpaired) electrons. The second-order valence-electron chi connectivity index (χ2n) is 10.9. The molecule has 4 aromatic carbocycles. The summed E-state index contributed by atoms with van der Waals surface area (Å²) in [6.07, 6.45) is -0.0907. The van der Waals surface area contributed by atoms with Gasteiger partial charge >= 0.3 is 0 Å². The molecule has 9 nitrogen and oxygen atoms in total. The number of hydrazine groups is 1. The first-order valence-corrected chi connectivity index (χ1v) is 18.0. The summed E-state index contributed by atoms with van der Waals surface area (Å²) in [5.74, 6) is -0.109. The molecule has 1 amide bonds. The number of amides is 1. The average Bonchev–Trinajstić information content (AvgIpc) is 3.48. The quantitative estimate of drug-likeness (QED) is 0.103. The molecule has 0 saturated carbocycles. The first-order chi connectivity index (χ1) is 22.7. The second-order valence-corrected chi connectivity index (χ2v) is 14.3. The molecule has 0 aliphatic carbocycles. The molecular formula is C35H35BrClN3O6S. The van der Waals surface area contributed by atoms with Crippen LogP contribution < -0.4 is 15.6 Å². The van der Waals surface area contributed by atoms with Crippen LogP contribution >= 0.6 is 27.5 Å². The van der Waals surface area contributed by atoms with Crippen LogP contribution in [0.4, 0.5) is 0 Å². The Morgan fingerprint density at radius 3 is 2.40 bits per heavy atom. The van der Waals surface area contributed by atoms with Crippen molar-refractivity contribution in [1.29, 1.82) is 0 Å². The monoisotopic (exact) mass is 739 g/mol. The molecule has 0 aromatic heterocycles. The van der Waals surface area contributed by atoms with Gasteiger partial charge in [-0.15, -0.1) is 0 Å². The van der Waals surface area contributed by atoms with Crippen molar-refractivity contribution >= 4 is 49.2 Å². The summed E-state index contributed by atoms with van der Waals surface area (Å²) in [5, 5.41) is 9.68. The predicted octanol–water partition coefficient (Wildman–Crippen LogP) is 5.85. The summed E-state index contributed by atoms with van der Waals surface area (Å²) < 4.78 is 39.9. The molecule has 47 heavy (non-hydrogen) atoms. The number of aliphatic imine (C=N–C) groups is 1. The highest BCUT2D eigenvalue weighted by Crippen LogP contribution is 2.45. The third-order valence-electron chi connectivity index (χ3n) is 7.75. The van der Waals surface area contributed by atoms with Crippen molar-refractivity contribution < 1.29 is 27.8 Å². The summed E-state index contributed by atoms with van der Waals surface area (Å²) >= 11 is 9.92. The van der Waals surface area contributed by atoms with Crippen LogP contribution in [-0.2, 0) is 25.8 Å². The lowest BCUT2D eigenvalue weighted by molar-refractivity contribution is -0.130. The SMILES string of the molecule is O=C(NNCCc1ccccc1Cl)[C@@]1(CCS(=O)(=O)c2ccccc2)N=C(c2ccc(OCCCO)cc2)O[C@H]1c1ccccc1Br. The number of hydrogen-bond acceptors (Lipinski definition) is 8. The number of sulfone groups is 1. The zero-order valence-corrected chi connectivity index (χ0v) is 28.6. The molecule has 0 unspecified atom stereocenters. The molecule has 246 valence electrons. The Labute approximate surface area is 288 Å². The molecule has 0 spiro atoms.